The zero-order valence-electron chi connectivity index (χ0n) is 10.6. The SMILES string of the molecule is NC1(c2ccccc2Br)C=C(N2CCCC2)NC=N1. The van der Waals surface area contributed by atoms with Gasteiger partial charge in [0.25, 0.3) is 0 Å². The summed E-state index contributed by atoms with van der Waals surface area (Å²) >= 11 is 3.55. The van der Waals surface area contributed by atoms with Crippen molar-refractivity contribution in [2.75, 3.05) is 13.1 Å². The second-order valence-electron chi connectivity index (χ2n) is 4.93. The van der Waals surface area contributed by atoms with Crippen LogP contribution in [0.25, 0.3) is 0 Å². The lowest BCUT2D eigenvalue weighted by molar-refractivity contribution is 0.392. The first-order valence-electron chi connectivity index (χ1n) is 6.51. The highest BCUT2D eigenvalue weighted by molar-refractivity contribution is 9.10. The van der Waals surface area contributed by atoms with Gasteiger partial charge in [0, 0.05) is 29.2 Å². The molecule has 0 aromatic heterocycles. The molecule has 1 aromatic rings. The molecule has 0 radical (unpaired) electrons. The molecule has 19 heavy (non-hydrogen) atoms. The van der Waals surface area contributed by atoms with Crippen molar-refractivity contribution < 1.29 is 0 Å². The highest BCUT2D eigenvalue weighted by atomic mass is 79.9. The zero-order chi connectivity index (χ0) is 13.3. The molecule has 1 aromatic carbocycles. The van der Waals surface area contributed by atoms with Gasteiger partial charge in [0.2, 0.25) is 0 Å². The first-order chi connectivity index (χ1) is 9.19. The number of nitrogens with one attached hydrogen (secondary N) is 1. The van der Waals surface area contributed by atoms with E-state index in [1.54, 1.807) is 6.34 Å². The first-order valence-corrected chi connectivity index (χ1v) is 7.30. The van der Waals surface area contributed by atoms with Crippen LogP contribution in [0.3, 0.4) is 0 Å². The van der Waals surface area contributed by atoms with E-state index in [-0.39, 0.29) is 0 Å². The van der Waals surface area contributed by atoms with Gasteiger partial charge in [-0.05, 0) is 18.9 Å². The number of likely N-dealkylation sites (tertiary alicyclic amines) is 1. The van der Waals surface area contributed by atoms with E-state index < -0.39 is 5.66 Å². The van der Waals surface area contributed by atoms with E-state index in [9.17, 15) is 0 Å². The molecule has 5 heteroatoms. The Morgan fingerprint density at radius 3 is 2.74 bits per heavy atom. The maximum absolute atomic E-state index is 6.47. The smallest absolute Gasteiger partial charge is 0.159 e. The van der Waals surface area contributed by atoms with E-state index in [0.717, 1.165) is 28.9 Å². The molecule has 0 bridgehead atoms. The summed E-state index contributed by atoms with van der Waals surface area (Å²) in [5, 5.41) is 3.21. The molecule has 2 aliphatic heterocycles. The molecule has 1 fully saturated rings. The van der Waals surface area contributed by atoms with Crippen LogP contribution in [-0.4, -0.2) is 24.3 Å². The molecule has 0 aliphatic carbocycles. The molecule has 3 rings (SSSR count). The third kappa shape index (κ3) is 2.40. The van der Waals surface area contributed by atoms with Gasteiger partial charge in [-0.3, -0.25) is 5.73 Å². The van der Waals surface area contributed by atoms with Gasteiger partial charge in [0.1, 0.15) is 5.82 Å². The van der Waals surface area contributed by atoms with Crippen molar-refractivity contribution in [2.45, 2.75) is 18.5 Å². The van der Waals surface area contributed by atoms with Crippen LogP contribution in [-0.2, 0) is 5.66 Å². The van der Waals surface area contributed by atoms with E-state index in [4.69, 9.17) is 5.73 Å². The number of rotatable bonds is 2. The molecule has 0 amide bonds. The predicted molar refractivity (Wildman–Crippen MR) is 80.5 cm³/mol. The van der Waals surface area contributed by atoms with Crippen LogP contribution in [0, 0.1) is 0 Å². The van der Waals surface area contributed by atoms with Crippen LogP contribution in [0.15, 0.2) is 45.6 Å². The largest absolute Gasteiger partial charge is 0.358 e. The Hall–Kier alpha value is -1.33. The predicted octanol–water partition coefficient (Wildman–Crippen LogP) is 2.13. The molecular weight excluding hydrogens is 304 g/mol. The lowest BCUT2D eigenvalue weighted by Crippen LogP contribution is -2.42. The summed E-state index contributed by atoms with van der Waals surface area (Å²) in [6.45, 7) is 2.16. The molecule has 1 saturated heterocycles. The molecule has 2 heterocycles. The van der Waals surface area contributed by atoms with Crippen LogP contribution in [0.2, 0.25) is 0 Å². The van der Waals surface area contributed by atoms with Crippen molar-refractivity contribution in [2.24, 2.45) is 10.7 Å². The van der Waals surface area contributed by atoms with Crippen molar-refractivity contribution in [3.63, 3.8) is 0 Å². The molecule has 100 valence electrons. The van der Waals surface area contributed by atoms with Gasteiger partial charge < -0.3 is 10.2 Å². The van der Waals surface area contributed by atoms with Crippen molar-refractivity contribution >= 4 is 22.3 Å². The molecule has 4 nitrogen and oxygen atoms in total. The van der Waals surface area contributed by atoms with Gasteiger partial charge in [0.15, 0.2) is 5.66 Å². The molecule has 0 spiro atoms. The summed E-state index contributed by atoms with van der Waals surface area (Å²) in [5.74, 6) is 1.06. The Morgan fingerprint density at radius 1 is 1.26 bits per heavy atom. The third-order valence-electron chi connectivity index (χ3n) is 3.60. The fraction of sp³-hybridized carbons (Fsp3) is 0.357. The third-order valence-corrected chi connectivity index (χ3v) is 4.29. The zero-order valence-corrected chi connectivity index (χ0v) is 12.2. The molecule has 2 aliphatic rings. The number of hydrogen-bond acceptors (Lipinski definition) is 4. The van der Waals surface area contributed by atoms with Crippen LogP contribution in [0.1, 0.15) is 18.4 Å². The number of aliphatic imine (C=N–C) groups is 1. The number of nitrogens with two attached hydrogens (primary N) is 1. The Labute approximate surface area is 121 Å². The molecule has 1 atom stereocenters. The van der Waals surface area contributed by atoms with E-state index in [0.29, 0.717) is 0 Å². The van der Waals surface area contributed by atoms with Gasteiger partial charge in [-0.15, -0.1) is 0 Å². The highest BCUT2D eigenvalue weighted by Gasteiger charge is 2.30. The summed E-state index contributed by atoms with van der Waals surface area (Å²) in [4.78, 5) is 6.75. The summed E-state index contributed by atoms with van der Waals surface area (Å²) in [6, 6.07) is 7.96. The quantitative estimate of drug-likeness (QED) is 0.877. The van der Waals surface area contributed by atoms with Crippen LogP contribution >= 0.6 is 15.9 Å². The van der Waals surface area contributed by atoms with Crippen LogP contribution in [0.5, 0.6) is 0 Å². The van der Waals surface area contributed by atoms with Gasteiger partial charge in [-0.25, -0.2) is 4.99 Å². The Balaban J connectivity index is 1.96. The minimum atomic E-state index is -0.802. The monoisotopic (exact) mass is 320 g/mol. The van der Waals surface area contributed by atoms with Gasteiger partial charge in [0.05, 0.1) is 6.34 Å². The lowest BCUT2D eigenvalue weighted by Gasteiger charge is -2.31. The molecule has 1 unspecified atom stereocenters. The summed E-state index contributed by atoms with van der Waals surface area (Å²) in [7, 11) is 0. The van der Waals surface area contributed by atoms with E-state index in [2.05, 4.69) is 31.1 Å². The Morgan fingerprint density at radius 2 is 2.00 bits per heavy atom. The van der Waals surface area contributed by atoms with Crippen molar-refractivity contribution in [1.82, 2.24) is 10.2 Å². The minimum absolute atomic E-state index is 0.802. The van der Waals surface area contributed by atoms with Crippen molar-refractivity contribution in [3.05, 3.63) is 46.2 Å². The number of hydrogen-bond donors (Lipinski definition) is 2. The highest BCUT2D eigenvalue weighted by Crippen LogP contribution is 2.31. The van der Waals surface area contributed by atoms with Gasteiger partial charge in [-0.1, -0.05) is 34.1 Å². The summed E-state index contributed by atoms with van der Waals surface area (Å²) in [6.07, 6.45) is 6.19. The fourth-order valence-corrected chi connectivity index (χ4v) is 3.17. The van der Waals surface area contributed by atoms with Crippen molar-refractivity contribution in [1.29, 1.82) is 0 Å². The van der Waals surface area contributed by atoms with E-state index in [1.807, 2.05) is 30.3 Å². The minimum Gasteiger partial charge on any atom is -0.358 e. The Kier molecular flexibility index (Phi) is 3.33. The second kappa shape index (κ2) is 4.98. The second-order valence-corrected chi connectivity index (χ2v) is 5.79. The first kappa shape index (κ1) is 12.7. The van der Waals surface area contributed by atoms with E-state index >= 15 is 0 Å². The maximum Gasteiger partial charge on any atom is 0.159 e. The van der Waals surface area contributed by atoms with Gasteiger partial charge >= 0.3 is 0 Å². The maximum atomic E-state index is 6.47. The number of nitrogens with zero attached hydrogens (tertiary/aromatic N) is 2. The van der Waals surface area contributed by atoms with Gasteiger partial charge in [-0.2, -0.15) is 0 Å². The fourth-order valence-electron chi connectivity index (χ4n) is 2.57. The number of halogens is 1. The summed E-state index contributed by atoms with van der Waals surface area (Å²) in [5.41, 5.74) is 6.64. The molecular formula is C14H17BrN4. The summed E-state index contributed by atoms with van der Waals surface area (Å²) < 4.78 is 0.980. The van der Waals surface area contributed by atoms with Crippen LogP contribution < -0.4 is 11.1 Å². The average Bonchev–Trinajstić information content (AvgIpc) is 2.93. The topological polar surface area (TPSA) is 53.6 Å². The lowest BCUT2D eigenvalue weighted by atomic mass is 10.00. The normalized spacial score (nSPS) is 26.2. The van der Waals surface area contributed by atoms with Crippen LogP contribution in [0.4, 0.5) is 0 Å². The van der Waals surface area contributed by atoms with Crippen molar-refractivity contribution in [3.8, 4) is 0 Å². The number of benzene rings is 1. The molecule has 3 N–H and O–H groups in total. The molecule has 0 saturated carbocycles. The average molecular weight is 321 g/mol. The van der Waals surface area contributed by atoms with E-state index in [1.165, 1.54) is 12.8 Å². The Bertz CT molecular complexity index is 534. The standard InChI is InChI=1S/C14H17BrN4/c15-12-6-2-1-5-11(12)14(16)9-13(17-10-18-14)19-7-3-4-8-19/h1-2,5-6,9-10H,3-4,7-8,16H2,(H,17,18).